The minimum Gasteiger partial charge on any atom is -0.481 e. The number of nitrogens with zero attached hydrogens (tertiary/aromatic N) is 6. The number of nitrogens with one attached hydrogen (secondary N) is 1. The van der Waals surface area contributed by atoms with E-state index in [4.69, 9.17) is 31.8 Å². The van der Waals surface area contributed by atoms with Crippen LogP contribution in [0.3, 0.4) is 0 Å². The second kappa shape index (κ2) is 13.7. The van der Waals surface area contributed by atoms with Gasteiger partial charge in [-0.15, -0.1) is 0 Å². The summed E-state index contributed by atoms with van der Waals surface area (Å²) in [6.45, 7) is 3.29. The van der Waals surface area contributed by atoms with Gasteiger partial charge in [0.25, 0.3) is 5.91 Å². The van der Waals surface area contributed by atoms with Crippen LogP contribution in [0.25, 0.3) is 11.1 Å². The van der Waals surface area contributed by atoms with Crippen LogP contribution in [0.5, 0.6) is 5.88 Å². The SMILES string of the molecule is COc1ccnn1Cc1cc([C@@H](COC(=O)NC2CC2)N2C(=O)[C@@](CC(C)(C)C)(c3ccc(-c4cnn(C(F)F)c4)cc3)N=C2N)ccc1Cl. The van der Waals surface area contributed by atoms with Crippen LogP contribution in [-0.4, -0.2) is 62.2 Å². The van der Waals surface area contributed by atoms with Crippen LogP contribution >= 0.6 is 11.6 Å². The van der Waals surface area contributed by atoms with E-state index in [1.807, 2.05) is 26.8 Å². The molecular formula is C35H39ClF2N8O4. The van der Waals surface area contributed by atoms with Crippen LogP contribution in [0.2, 0.25) is 5.02 Å². The maximum Gasteiger partial charge on any atom is 0.407 e. The lowest BCUT2D eigenvalue weighted by atomic mass is 9.75. The summed E-state index contributed by atoms with van der Waals surface area (Å²) >= 11 is 6.65. The van der Waals surface area contributed by atoms with Gasteiger partial charge >= 0.3 is 12.6 Å². The zero-order chi connectivity index (χ0) is 35.8. The van der Waals surface area contributed by atoms with Gasteiger partial charge < -0.3 is 20.5 Å². The Morgan fingerprint density at radius 3 is 2.50 bits per heavy atom. The molecule has 50 heavy (non-hydrogen) atoms. The summed E-state index contributed by atoms with van der Waals surface area (Å²) in [7, 11) is 1.55. The largest absolute Gasteiger partial charge is 0.481 e. The normalized spacial score (nSPS) is 18.4. The number of alkyl halides is 2. The highest BCUT2D eigenvalue weighted by Gasteiger charge is 2.53. The third kappa shape index (κ3) is 7.30. The highest BCUT2D eigenvalue weighted by molar-refractivity contribution is 6.31. The van der Waals surface area contributed by atoms with E-state index in [1.54, 1.807) is 60.5 Å². The molecule has 4 aromatic rings. The first-order valence-electron chi connectivity index (χ1n) is 16.2. The molecule has 1 aliphatic carbocycles. The Labute approximate surface area is 293 Å². The summed E-state index contributed by atoms with van der Waals surface area (Å²) in [6.07, 6.45) is 5.68. The molecule has 12 nitrogen and oxygen atoms in total. The summed E-state index contributed by atoms with van der Waals surface area (Å²) in [4.78, 5) is 33.9. The first-order chi connectivity index (χ1) is 23.8. The molecule has 0 bridgehead atoms. The number of rotatable bonds is 12. The van der Waals surface area contributed by atoms with E-state index in [0.717, 1.165) is 12.8 Å². The summed E-state index contributed by atoms with van der Waals surface area (Å²) in [5, 5.41) is 11.3. The summed E-state index contributed by atoms with van der Waals surface area (Å²) in [5.41, 5.74) is 7.85. The zero-order valence-electron chi connectivity index (χ0n) is 28.1. The van der Waals surface area contributed by atoms with Crippen LogP contribution in [0.15, 0.2) is 72.1 Å². The maximum atomic E-state index is 14.9. The minimum atomic E-state index is -2.76. The number of hydrogen-bond donors (Lipinski definition) is 2. The van der Waals surface area contributed by atoms with Crippen molar-refractivity contribution in [2.75, 3.05) is 13.7 Å². The molecule has 2 atom stereocenters. The van der Waals surface area contributed by atoms with Crippen LogP contribution in [0.1, 0.15) is 69.3 Å². The molecule has 0 unspecified atom stereocenters. The van der Waals surface area contributed by atoms with Gasteiger partial charge in [0.1, 0.15) is 6.61 Å². The van der Waals surface area contributed by atoms with Crippen LogP contribution in [-0.2, 0) is 21.6 Å². The molecular weight excluding hydrogens is 670 g/mol. The Morgan fingerprint density at radius 2 is 1.86 bits per heavy atom. The Morgan fingerprint density at radius 1 is 1.12 bits per heavy atom. The molecule has 2 amide bonds. The number of aliphatic imine (C=N–C) groups is 1. The van der Waals surface area contributed by atoms with Crippen molar-refractivity contribution in [3.05, 3.63) is 88.8 Å². The van der Waals surface area contributed by atoms with Gasteiger partial charge in [-0.2, -0.15) is 19.0 Å². The summed E-state index contributed by atoms with van der Waals surface area (Å²) in [6, 6.07) is 13.2. The van der Waals surface area contributed by atoms with Crippen molar-refractivity contribution in [2.24, 2.45) is 16.1 Å². The number of guanidine groups is 1. The van der Waals surface area contributed by atoms with Crippen LogP contribution in [0, 0.1) is 5.41 Å². The number of ether oxygens (including phenoxy) is 2. The van der Waals surface area contributed by atoms with Crippen molar-refractivity contribution in [2.45, 2.75) is 70.8 Å². The first kappa shape index (κ1) is 34.9. The predicted molar refractivity (Wildman–Crippen MR) is 183 cm³/mol. The number of nitrogens with two attached hydrogens (primary N) is 1. The van der Waals surface area contributed by atoms with Gasteiger partial charge in [-0.3, -0.25) is 9.69 Å². The molecule has 264 valence electrons. The third-order valence-electron chi connectivity index (χ3n) is 8.65. The van der Waals surface area contributed by atoms with E-state index >= 15 is 0 Å². The van der Waals surface area contributed by atoms with E-state index < -0.39 is 30.1 Å². The quantitative estimate of drug-likeness (QED) is 0.177. The lowest BCUT2D eigenvalue weighted by Crippen LogP contribution is -2.47. The molecule has 2 aromatic heterocycles. The predicted octanol–water partition coefficient (Wildman–Crippen LogP) is 6.27. The van der Waals surface area contributed by atoms with Crippen molar-refractivity contribution >= 4 is 29.6 Å². The number of carbonyl (C=O) groups excluding carboxylic acids is 2. The Kier molecular flexibility index (Phi) is 9.58. The number of aromatic nitrogens is 4. The van der Waals surface area contributed by atoms with E-state index in [9.17, 15) is 18.4 Å². The van der Waals surface area contributed by atoms with Crippen molar-refractivity contribution in [3.63, 3.8) is 0 Å². The molecule has 1 aliphatic heterocycles. The standard InChI is InChI=1S/C35H39ClF2N8O4/c1-34(2,3)20-35(25-8-5-21(6-9-25)24-16-41-45(18-24)31(37)38)30(47)46(32(39)43-35)28(19-50-33(48)42-26-10-11-26)22-7-12-27(36)23(15-22)17-44-29(49-4)13-14-40-44/h5-9,12-16,18,26,28,31H,10-11,17,19-20H2,1-4H3,(H2,39,43)(H,42,48)/t28-,35-/m1/s1. The molecule has 3 N–H and O–H groups in total. The number of methoxy groups -OCH3 is 1. The first-order valence-corrected chi connectivity index (χ1v) is 16.6. The van der Waals surface area contributed by atoms with Gasteiger partial charge in [-0.25, -0.2) is 19.2 Å². The molecule has 2 aromatic carbocycles. The molecule has 3 heterocycles. The Bertz CT molecular complexity index is 1900. The van der Waals surface area contributed by atoms with E-state index in [1.165, 1.54) is 17.3 Å². The van der Waals surface area contributed by atoms with Gasteiger partial charge in [-0.05, 0) is 53.0 Å². The fourth-order valence-electron chi connectivity index (χ4n) is 6.21. The van der Waals surface area contributed by atoms with Gasteiger partial charge in [0.2, 0.25) is 5.88 Å². The number of benzene rings is 2. The van der Waals surface area contributed by atoms with Gasteiger partial charge in [-0.1, -0.05) is 68.8 Å². The Hall–Kier alpha value is -4.98. The lowest BCUT2D eigenvalue weighted by Gasteiger charge is -2.35. The number of carbonyl (C=O) groups is 2. The van der Waals surface area contributed by atoms with Crippen LogP contribution < -0.4 is 15.8 Å². The van der Waals surface area contributed by atoms with E-state index in [-0.39, 0.29) is 30.6 Å². The third-order valence-corrected chi connectivity index (χ3v) is 9.02. The fraction of sp³-hybridized carbons (Fsp3) is 0.400. The molecule has 0 radical (unpaired) electrons. The van der Waals surface area contributed by atoms with Gasteiger partial charge in [0.15, 0.2) is 11.5 Å². The second-order valence-electron chi connectivity index (χ2n) is 13.7. The Balaban J connectivity index is 1.37. The van der Waals surface area contributed by atoms with Gasteiger partial charge in [0.05, 0.1) is 32.1 Å². The topological polar surface area (TPSA) is 142 Å². The summed E-state index contributed by atoms with van der Waals surface area (Å²) < 4.78 is 39.7. The number of amides is 2. The number of hydrogen-bond acceptors (Lipinski definition) is 8. The maximum absolute atomic E-state index is 14.9. The lowest BCUT2D eigenvalue weighted by molar-refractivity contribution is -0.135. The molecule has 1 fully saturated rings. The molecule has 0 saturated heterocycles. The van der Waals surface area contributed by atoms with Gasteiger partial charge in [0, 0.05) is 28.9 Å². The number of halogens is 3. The molecule has 6 rings (SSSR count). The molecule has 0 spiro atoms. The zero-order valence-corrected chi connectivity index (χ0v) is 28.9. The van der Waals surface area contributed by atoms with Crippen molar-refractivity contribution in [1.82, 2.24) is 29.8 Å². The van der Waals surface area contributed by atoms with E-state index in [2.05, 4.69) is 15.5 Å². The highest BCUT2D eigenvalue weighted by atomic mass is 35.5. The van der Waals surface area contributed by atoms with Crippen LogP contribution in [0.4, 0.5) is 13.6 Å². The number of alkyl carbamates (subject to hydrolysis) is 1. The van der Waals surface area contributed by atoms with Crippen molar-refractivity contribution in [1.29, 1.82) is 0 Å². The van der Waals surface area contributed by atoms with E-state index in [0.29, 0.717) is 49.8 Å². The van der Waals surface area contributed by atoms with Crippen molar-refractivity contribution < 1.29 is 27.8 Å². The van der Waals surface area contributed by atoms with Crippen molar-refractivity contribution in [3.8, 4) is 17.0 Å². The fourth-order valence-corrected chi connectivity index (χ4v) is 6.39. The average Bonchev–Trinajstić information content (AvgIpc) is 3.44. The molecule has 15 heteroatoms. The highest BCUT2D eigenvalue weighted by Crippen LogP contribution is 2.45. The minimum absolute atomic E-state index is 0.0389. The smallest absolute Gasteiger partial charge is 0.407 e. The molecule has 2 aliphatic rings. The average molecular weight is 709 g/mol. The summed E-state index contributed by atoms with van der Waals surface area (Å²) in [5.74, 6) is 0.0997. The molecule has 1 saturated carbocycles. The monoisotopic (exact) mass is 708 g/mol. The second-order valence-corrected chi connectivity index (χ2v) is 14.1.